The Labute approximate surface area is 137 Å². The summed E-state index contributed by atoms with van der Waals surface area (Å²) >= 11 is 0. The van der Waals surface area contributed by atoms with Crippen LogP contribution in [0.1, 0.15) is 38.0 Å². The maximum absolute atomic E-state index is 5.83. The summed E-state index contributed by atoms with van der Waals surface area (Å²) in [5, 5.41) is 3.35. The second kappa shape index (κ2) is 6.07. The molecular weight excluding hydrogens is 288 g/mol. The Morgan fingerprint density at radius 1 is 1.35 bits per heavy atom. The first-order valence-electron chi connectivity index (χ1n) is 8.00. The summed E-state index contributed by atoms with van der Waals surface area (Å²) in [7, 11) is 1.80. The van der Waals surface area contributed by atoms with Gasteiger partial charge in [0.1, 0.15) is 5.76 Å². The summed E-state index contributed by atoms with van der Waals surface area (Å²) in [5.74, 6) is 2.44. The minimum absolute atomic E-state index is 0.0270. The number of anilines is 1. The van der Waals surface area contributed by atoms with Crippen molar-refractivity contribution in [2.45, 2.75) is 39.2 Å². The van der Waals surface area contributed by atoms with Crippen LogP contribution in [0.15, 0.2) is 39.9 Å². The van der Waals surface area contributed by atoms with Crippen LogP contribution in [0, 0.1) is 0 Å². The van der Waals surface area contributed by atoms with E-state index in [9.17, 15) is 0 Å². The van der Waals surface area contributed by atoms with E-state index in [4.69, 9.17) is 4.42 Å². The fourth-order valence-corrected chi connectivity index (χ4v) is 2.75. The van der Waals surface area contributed by atoms with Gasteiger partial charge in [0, 0.05) is 24.7 Å². The maximum atomic E-state index is 5.83. The Balaban J connectivity index is 1.69. The molecule has 122 valence electrons. The first-order valence-corrected chi connectivity index (χ1v) is 8.00. The van der Waals surface area contributed by atoms with Crippen LogP contribution >= 0.6 is 0 Å². The van der Waals surface area contributed by atoms with Crippen LogP contribution in [-0.4, -0.2) is 24.5 Å². The van der Waals surface area contributed by atoms with E-state index in [-0.39, 0.29) is 5.41 Å². The molecule has 0 saturated heterocycles. The Hall–Kier alpha value is -2.30. The Morgan fingerprint density at radius 3 is 2.83 bits per heavy atom. The Bertz CT molecular complexity index is 712. The second-order valence-corrected chi connectivity index (χ2v) is 6.80. The van der Waals surface area contributed by atoms with Gasteiger partial charge in [-0.05, 0) is 18.1 Å². The van der Waals surface area contributed by atoms with Crippen LogP contribution < -0.4 is 10.2 Å². The van der Waals surface area contributed by atoms with Crippen molar-refractivity contribution < 1.29 is 4.42 Å². The molecule has 23 heavy (non-hydrogen) atoms. The van der Waals surface area contributed by atoms with Crippen molar-refractivity contribution in [3.05, 3.63) is 47.7 Å². The molecule has 1 aliphatic heterocycles. The number of nitrogens with one attached hydrogen (secondary N) is 1. The van der Waals surface area contributed by atoms with Crippen LogP contribution in [0.5, 0.6) is 0 Å². The first kappa shape index (κ1) is 15.6. The summed E-state index contributed by atoms with van der Waals surface area (Å²) in [6, 6.07) is 8.46. The van der Waals surface area contributed by atoms with E-state index in [1.807, 2.05) is 6.20 Å². The normalized spacial score (nSPS) is 15.0. The molecule has 0 radical (unpaired) electrons. The molecule has 0 aliphatic carbocycles. The molecule has 1 N–H and O–H groups in total. The van der Waals surface area contributed by atoms with E-state index in [0.29, 0.717) is 12.4 Å². The average Bonchev–Trinajstić information content (AvgIpc) is 3.15. The van der Waals surface area contributed by atoms with Gasteiger partial charge in [-0.15, -0.1) is 0 Å². The maximum Gasteiger partial charge on any atom is 0.213 e. The van der Waals surface area contributed by atoms with Gasteiger partial charge in [-0.1, -0.05) is 39.0 Å². The average molecular weight is 312 g/mol. The second-order valence-electron chi connectivity index (χ2n) is 6.80. The predicted octanol–water partition coefficient (Wildman–Crippen LogP) is 3.11. The minimum Gasteiger partial charge on any atom is -0.443 e. The first-order chi connectivity index (χ1) is 11.0. The zero-order chi connectivity index (χ0) is 16.4. The van der Waals surface area contributed by atoms with Crippen LogP contribution in [0.2, 0.25) is 0 Å². The molecule has 5 nitrogen and oxygen atoms in total. The van der Waals surface area contributed by atoms with Gasteiger partial charge in [-0.3, -0.25) is 4.99 Å². The lowest BCUT2D eigenvalue weighted by Gasteiger charge is -2.21. The summed E-state index contributed by atoms with van der Waals surface area (Å²) in [6.07, 6.45) is 2.86. The van der Waals surface area contributed by atoms with E-state index in [1.54, 1.807) is 7.05 Å². The number of guanidine groups is 1. The number of hydrogen-bond acceptors (Lipinski definition) is 3. The quantitative estimate of drug-likeness (QED) is 0.684. The van der Waals surface area contributed by atoms with Gasteiger partial charge in [-0.25, -0.2) is 4.98 Å². The molecule has 0 fully saturated rings. The molecule has 0 atom stereocenters. The van der Waals surface area contributed by atoms with Crippen molar-refractivity contribution in [1.29, 1.82) is 0 Å². The summed E-state index contributed by atoms with van der Waals surface area (Å²) in [5.41, 5.74) is 2.56. The zero-order valence-electron chi connectivity index (χ0n) is 14.3. The molecule has 2 aromatic rings. The minimum atomic E-state index is -0.0270. The number of aromatic nitrogens is 1. The van der Waals surface area contributed by atoms with Gasteiger partial charge in [0.25, 0.3) is 0 Å². The monoisotopic (exact) mass is 312 g/mol. The lowest BCUT2D eigenvalue weighted by Crippen LogP contribution is -2.40. The molecule has 1 aromatic heterocycles. The number of oxazole rings is 1. The molecule has 0 saturated carbocycles. The number of nitrogens with zero attached hydrogens (tertiary/aromatic N) is 3. The highest BCUT2D eigenvalue weighted by atomic mass is 16.4. The number of benzene rings is 1. The van der Waals surface area contributed by atoms with Crippen LogP contribution in [0.3, 0.4) is 0 Å². The highest BCUT2D eigenvalue weighted by molar-refractivity contribution is 5.97. The Kier molecular flexibility index (Phi) is 4.11. The topological polar surface area (TPSA) is 53.7 Å². The van der Waals surface area contributed by atoms with Gasteiger partial charge < -0.3 is 14.6 Å². The molecule has 1 aliphatic rings. The summed E-state index contributed by atoms with van der Waals surface area (Å²) in [4.78, 5) is 11.0. The lowest BCUT2D eigenvalue weighted by atomic mass is 9.94. The molecule has 0 amide bonds. The fourth-order valence-electron chi connectivity index (χ4n) is 2.75. The van der Waals surface area contributed by atoms with Crippen LogP contribution in [0.25, 0.3) is 0 Å². The number of rotatable bonds is 2. The number of hydrogen-bond donors (Lipinski definition) is 1. The zero-order valence-corrected chi connectivity index (χ0v) is 14.3. The van der Waals surface area contributed by atoms with E-state index in [0.717, 1.165) is 24.7 Å². The molecule has 5 heteroatoms. The molecule has 0 unspecified atom stereocenters. The van der Waals surface area contributed by atoms with Crippen molar-refractivity contribution in [2.24, 2.45) is 4.99 Å². The van der Waals surface area contributed by atoms with Crippen molar-refractivity contribution in [3.8, 4) is 0 Å². The largest absolute Gasteiger partial charge is 0.443 e. The van der Waals surface area contributed by atoms with E-state index < -0.39 is 0 Å². The third kappa shape index (κ3) is 3.23. The van der Waals surface area contributed by atoms with E-state index >= 15 is 0 Å². The van der Waals surface area contributed by atoms with Crippen LogP contribution in [0.4, 0.5) is 5.69 Å². The third-order valence-corrected chi connectivity index (χ3v) is 4.05. The summed E-state index contributed by atoms with van der Waals surface area (Å²) in [6.45, 7) is 7.82. The van der Waals surface area contributed by atoms with Gasteiger partial charge >= 0.3 is 0 Å². The highest BCUT2D eigenvalue weighted by Gasteiger charge is 2.23. The molecule has 3 rings (SSSR count). The van der Waals surface area contributed by atoms with Gasteiger partial charge in [0.05, 0.1) is 12.7 Å². The summed E-state index contributed by atoms with van der Waals surface area (Å²) < 4.78 is 5.83. The van der Waals surface area contributed by atoms with Gasteiger partial charge in [0.2, 0.25) is 5.89 Å². The molecular formula is C18H24N4O. The lowest BCUT2D eigenvalue weighted by molar-refractivity contribution is 0.379. The van der Waals surface area contributed by atoms with E-state index in [2.05, 4.69) is 65.2 Å². The van der Waals surface area contributed by atoms with E-state index in [1.165, 1.54) is 11.3 Å². The Morgan fingerprint density at radius 2 is 2.13 bits per heavy atom. The highest BCUT2D eigenvalue weighted by Crippen LogP contribution is 2.27. The standard InChI is InChI=1S/C18H24N4O/c1-18(2,3)15-11-20-16(23-15)12-21-17(19-4)22-10-9-13-7-5-6-8-14(13)22/h5-8,11H,9-10,12H2,1-4H3,(H,19,21). The van der Waals surface area contributed by atoms with Crippen molar-refractivity contribution in [2.75, 3.05) is 18.5 Å². The smallest absolute Gasteiger partial charge is 0.213 e. The molecule has 2 heterocycles. The van der Waals surface area contributed by atoms with Crippen molar-refractivity contribution in [1.82, 2.24) is 10.3 Å². The van der Waals surface area contributed by atoms with Crippen molar-refractivity contribution >= 4 is 11.6 Å². The van der Waals surface area contributed by atoms with Crippen LogP contribution in [-0.2, 0) is 18.4 Å². The van der Waals surface area contributed by atoms with Gasteiger partial charge in [-0.2, -0.15) is 0 Å². The number of para-hydroxylation sites is 1. The predicted molar refractivity (Wildman–Crippen MR) is 92.9 cm³/mol. The number of aliphatic imine (C=N–C) groups is 1. The molecule has 0 bridgehead atoms. The van der Waals surface area contributed by atoms with Crippen molar-refractivity contribution in [3.63, 3.8) is 0 Å². The van der Waals surface area contributed by atoms with Gasteiger partial charge in [0.15, 0.2) is 5.96 Å². The SMILES string of the molecule is CN=C(NCc1ncc(C(C)(C)C)o1)N1CCc2ccccc21. The molecule has 1 aromatic carbocycles. The molecule has 0 spiro atoms. The fraction of sp³-hybridized carbons (Fsp3) is 0.444. The number of fused-ring (bicyclic) bond motifs is 1. The third-order valence-electron chi connectivity index (χ3n) is 4.05.